The molecule has 6 nitrogen and oxygen atoms in total. The monoisotopic (exact) mass is 336 g/mol. The summed E-state index contributed by atoms with van der Waals surface area (Å²) in [7, 11) is 0. The summed E-state index contributed by atoms with van der Waals surface area (Å²) in [5.74, 6) is 2.74. The predicted octanol–water partition coefficient (Wildman–Crippen LogP) is 1.17. The van der Waals surface area contributed by atoms with Crippen LogP contribution in [-0.4, -0.2) is 57.5 Å². The van der Waals surface area contributed by atoms with Gasteiger partial charge in [-0.15, -0.1) is 0 Å². The lowest BCUT2D eigenvalue weighted by molar-refractivity contribution is 0.0884. The Hall–Kier alpha value is -1.34. The van der Waals surface area contributed by atoms with Crippen LogP contribution in [0.3, 0.4) is 0 Å². The average Bonchev–Trinajstić information content (AvgIpc) is 2.56. The fraction of sp³-hybridized carbons (Fsp3) is 0.688. The van der Waals surface area contributed by atoms with Crippen molar-refractivity contribution in [2.45, 2.75) is 44.7 Å². The lowest BCUT2D eigenvalue weighted by atomic mass is 10.0. The molecule has 126 valence electrons. The molecule has 0 saturated carbocycles. The predicted molar refractivity (Wildman–Crippen MR) is 92.0 cm³/mol. The minimum absolute atomic E-state index is 0.0994. The van der Waals surface area contributed by atoms with E-state index in [1.165, 1.54) is 30.5 Å². The number of aromatic amines is 1. The van der Waals surface area contributed by atoms with Gasteiger partial charge in [0.1, 0.15) is 11.4 Å². The average molecular weight is 336 g/mol. The number of piperidine rings is 1. The Morgan fingerprint density at radius 3 is 2.65 bits per heavy atom. The molecular weight excluding hydrogens is 312 g/mol. The van der Waals surface area contributed by atoms with Gasteiger partial charge in [-0.3, -0.25) is 9.59 Å². The third kappa shape index (κ3) is 4.14. The first kappa shape index (κ1) is 16.5. The van der Waals surface area contributed by atoms with Crippen molar-refractivity contribution in [1.29, 1.82) is 0 Å². The summed E-state index contributed by atoms with van der Waals surface area (Å²) in [4.78, 5) is 33.2. The van der Waals surface area contributed by atoms with E-state index in [-0.39, 0.29) is 23.1 Å². The van der Waals surface area contributed by atoms with Gasteiger partial charge >= 0.3 is 0 Å². The van der Waals surface area contributed by atoms with Crippen molar-refractivity contribution in [2.75, 3.05) is 24.6 Å². The van der Waals surface area contributed by atoms with Crippen LogP contribution in [0.1, 0.15) is 41.9 Å². The summed E-state index contributed by atoms with van der Waals surface area (Å²) in [6.45, 7) is 3.76. The van der Waals surface area contributed by atoms with E-state index in [0.29, 0.717) is 5.82 Å². The highest BCUT2D eigenvalue weighted by Gasteiger charge is 2.27. The van der Waals surface area contributed by atoms with Gasteiger partial charge in [0.05, 0.1) is 0 Å². The van der Waals surface area contributed by atoms with Crippen molar-refractivity contribution in [3.63, 3.8) is 0 Å². The summed E-state index contributed by atoms with van der Waals surface area (Å²) in [6.07, 6.45) is 5.83. The highest BCUT2D eigenvalue weighted by molar-refractivity contribution is 7.99. The fourth-order valence-corrected chi connectivity index (χ4v) is 4.45. The zero-order valence-electron chi connectivity index (χ0n) is 13.5. The van der Waals surface area contributed by atoms with Crippen LogP contribution in [0.2, 0.25) is 0 Å². The summed E-state index contributed by atoms with van der Waals surface area (Å²) in [6, 6.07) is 0.870. The van der Waals surface area contributed by atoms with E-state index in [4.69, 9.17) is 0 Å². The van der Waals surface area contributed by atoms with E-state index in [2.05, 4.69) is 20.2 Å². The molecule has 2 aliphatic heterocycles. The van der Waals surface area contributed by atoms with Gasteiger partial charge in [0.25, 0.3) is 11.5 Å². The van der Waals surface area contributed by atoms with Crippen LogP contribution in [0, 0.1) is 6.92 Å². The molecule has 2 saturated heterocycles. The minimum atomic E-state index is -0.368. The van der Waals surface area contributed by atoms with Gasteiger partial charge < -0.3 is 15.2 Å². The Kier molecular flexibility index (Phi) is 5.38. The molecule has 1 aromatic rings. The number of hydrogen-bond acceptors (Lipinski definition) is 5. The number of rotatable bonds is 3. The summed E-state index contributed by atoms with van der Waals surface area (Å²) < 4.78 is 0. The van der Waals surface area contributed by atoms with Crippen LogP contribution in [0.5, 0.6) is 0 Å². The van der Waals surface area contributed by atoms with Crippen LogP contribution in [0.4, 0.5) is 0 Å². The van der Waals surface area contributed by atoms with E-state index >= 15 is 0 Å². The number of amides is 1. The molecule has 0 unspecified atom stereocenters. The lowest BCUT2D eigenvalue weighted by Gasteiger charge is -2.39. The Balaban J connectivity index is 1.52. The number of H-pyrrole nitrogens is 1. The third-order valence-corrected chi connectivity index (χ3v) is 5.79. The summed E-state index contributed by atoms with van der Waals surface area (Å²) >= 11 is 2.05. The largest absolute Gasteiger partial charge is 0.349 e. The molecule has 0 spiro atoms. The van der Waals surface area contributed by atoms with Crippen LogP contribution >= 0.6 is 11.8 Å². The van der Waals surface area contributed by atoms with E-state index in [9.17, 15) is 9.59 Å². The van der Waals surface area contributed by atoms with Crippen LogP contribution in [-0.2, 0) is 0 Å². The standard InChI is InChI=1S/C16H24N4O2S/c1-11-17-10-14(15(21)18-11)16(22)19-12-2-6-20(7-3-12)13-4-8-23-9-5-13/h10,12-13H,2-9H2,1H3,(H,19,22)(H,17,18,21). The van der Waals surface area contributed by atoms with Gasteiger partial charge in [0, 0.05) is 31.4 Å². The third-order valence-electron chi connectivity index (χ3n) is 4.74. The smallest absolute Gasteiger partial charge is 0.263 e. The second kappa shape index (κ2) is 7.49. The van der Waals surface area contributed by atoms with Gasteiger partial charge in [-0.2, -0.15) is 11.8 Å². The quantitative estimate of drug-likeness (QED) is 0.866. The Morgan fingerprint density at radius 2 is 2.00 bits per heavy atom. The molecule has 0 radical (unpaired) electrons. The SMILES string of the molecule is Cc1ncc(C(=O)NC2CCN(C3CCSCC3)CC2)c(=O)[nH]1. The number of carbonyl (C=O) groups is 1. The van der Waals surface area contributed by atoms with E-state index in [1.54, 1.807) is 6.92 Å². The van der Waals surface area contributed by atoms with Crippen molar-refractivity contribution in [3.8, 4) is 0 Å². The van der Waals surface area contributed by atoms with E-state index in [1.807, 2.05) is 11.8 Å². The molecule has 1 aromatic heterocycles. The Bertz CT molecular complexity index is 604. The molecule has 0 atom stereocenters. The van der Waals surface area contributed by atoms with Gasteiger partial charge in [0.2, 0.25) is 0 Å². The highest BCUT2D eigenvalue weighted by atomic mass is 32.2. The van der Waals surface area contributed by atoms with Crippen LogP contribution in [0.25, 0.3) is 0 Å². The van der Waals surface area contributed by atoms with Gasteiger partial charge in [0.15, 0.2) is 0 Å². The fourth-order valence-electron chi connectivity index (χ4n) is 3.37. The molecule has 3 rings (SSSR count). The Morgan fingerprint density at radius 1 is 1.30 bits per heavy atom. The molecule has 2 N–H and O–H groups in total. The zero-order valence-corrected chi connectivity index (χ0v) is 14.3. The summed E-state index contributed by atoms with van der Waals surface area (Å²) in [5.41, 5.74) is -0.269. The summed E-state index contributed by atoms with van der Waals surface area (Å²) in [5, 5.41) is 2.99. The molecule has 0 aliphatic carbocycles. The van der Waals surface area contributed by atoms with E-state index in [0.717, 1.165) is 32.0 Å². The molecule has 0 bridgehead atoms. The maximum Gasteiger partial charge on any atom is 0.263 e. The number of nitrogens with one attached hydrogen (secondary N) is 2. The maximum atomic E-state index is 12.2. The molecule has 3 heterocycles. The second-order valence-corrected chi connectivity index (χ2v) is 7.56. The van der Waals surface area contributed by atoms with Crippen molar-refractivity contribution < 1.29 is 4.79 Å². The molecule has 1 amide bonds. The topological polar surface area (TPSA) is 78.1 Å². The molecular formula is C16H24N4O2S. The lowest BCUT2D eigenvalue weighted by Crippen LogP contribution is -2.49. The molecule has 2 aliphatic rings. The zero-order chi connectivity index (χ0) is 16.2. The number of aromatic nitrogens is 2. The molecule has 7 heteroatoms. The van der Waals surface area contributed by atoms with Crippen molar-refractivity contribution in [3.05, 3.63) is 27.9 Å². The first-order valence-corrected chi connectivity index (χ1v) is 9.47. The van der Waals surface area contributed by atoms with Crippen molar-refractivity contribution >= 4 is 17.7 Å². The van der Waals surface area contributed by atoms with E-state index < -0.39 is 0 Å². The van der Waals surface area contributed by atoms with Gasteiger partial charge in [-0.1, -0.05) is 0 Å². The minimum Gasteiger partial charge on any atom is -0.349 e. The molecule has 0 aromatic carbocycles. The Labute approximate surface area is 140 Å². The number of likely N-dealkylation sites (tertiary alicyclic amines) is 1. The first-order chi connectivity index (χ1) is 11.1. The molecule has 23 heavy (non-hydrogen) atoms. The number of hydrogen-bond donors (Lipinski definition) is 2. The van der Waals surface area contributed by atoms with Gasteiger partial charge in [-0.05, 0) is 44.1 Å². The first-order valence-electron chi connectivity index (χ1n) is 8.32. The second-order valence-electron chi connectivity index (χ2n) is 6.34. The highest BCUT2D eigenvalue weighted by Crippen LogP contribution is 2.24. The molecule has 2 fully saturated rings. The normalized spacial score (nSPS) is 21.3. The van der Waals surface area contributed by atoms with Crippen molar-refractivity contribution in [1.82, 2.24) is 20.2 Å². The number of carbonyl (C=O) groups excluding carboxylic acids is 1. The van der Waals surface area contributed by atoms with Crippen LogP contribution < -0.4 is 10.9 Å². The number of thioether (sulfide) groups is 1. The number of nitrogens with zero attached hydrogens (tertiary/aromatic N) is 2. The van der Waals surface area contributed by atoms with Crippen molar-refractivity contribution in [2.24, 2.45) is 0 Å². The maximum absolute atomic E-state index is 12.2. The number of aryl methyl sites for hydroxylation is 1. The van der Waals surface area contributed by atoms with Gasteiger partial charge in [-0.25, -0.2) is 4.98 Å². The van der Waals surface area contributed by atoms with Crippen LogP contribution in [0.15, 0.2) is 11.0 Å².